The summed E-state index contributed by atoms with van der Waals surface area (Å²) in [4.78, 5) is 25.1. The summed E-state index contributed by atoms with van der Waals surface area (Å²) in [5.41, 5.74) is 4.92. The Morgan fingerprint density at radius 3 is 2.35 bits per heavy atom. The smallest absolute Gasteiger partial charge is 0.290 e. The Balaban J connectivity index is 0.000000758. The number of amides is 1. The minimum absolute atomic E-state index is 0.250. The van der Waals surface area contributed by atoms with Crippen molar-refractivity contribution in [2.75, 3.05) is 5.32 Å². The highest BCUT2D eigenvalue weighted by Crippen LogP contribution is 2.27. The van der Waals surface area contributed by atoms with E-state index in [9.17, 15) is 4.79 Å². The van der Waals surface area contributed by atoms with Crippen LogP contribution in [0.3, 0.4) is 0 Å². The van der Waals surface area contributed by atoms with Crippen LogP contribution in [0.15, 0.2) is 36.4 Å². The van der Waals surface area contributed by atoms with Crippen LogP contribution in [0.25, 0.3) is 11.1 Å². The van der Waals surface area contributed by atoms with Crippen LogP contribution in [-0.4, -0.2) is 37.9 Å². The van der Waals surface area contributed by atoms with Gasteiger partial charge in [0.25, 0.3) is 12.4 Å². The molecule has 3 aromatic rings. The van der Waals surface area contributed by atoms with Crippen LogP contribution in [-0.2, 0) is 4.79 Å². The number of H-pyrrole nitrogens is 1. The number of pyridine rings is 1. The predicted molar refractivity (Wildman–Crippen MR) is 96.9 cm³/mol. The topological polar surface area (TPSA) is 121 Å². The van der Waals surface area contributed by atoms with Gasteiger partial charge in [0, 0.05) is 5.69 Å². The lowest BCUT2D eigenvalue weighted by Crippen LogP contribution is -2.15. The zero-order valence-electron chi connectivity index (χ0n) is 14.6. The Bertz CT molecular complexity index is 906. The molecule has 8 nitrogen and oxygen atoms in total. The van der Waals surface area contributed by atoms with E-state index < -0.39 is 0 Å². The number of aryl methyl sites for hydroxylation is 2. The van der Waals surface area contributed by atoms with Crippen LogP contribution < -0.4 is 5.32 Å². The van der Waals surface area contributed by atoms with Gasteiger partial charge in [0.05, 0.1) is 5.69 Å². The number of hydrogen-bond donors (Lipinski definition) is 3. The minimum Gasteiger partial charge on any atom is -0.483 e. The Morgan fingerprint density at radius 2 is 1.77 bits per heavy atom. The number of nitrogens with zero attached hydrogens (tertiary/aromatic N) is 3. The van der Waals surface area contributed by atoms with Crippen molar-refractivity contribution in [3.05, 3.63) is 59.0 Å². The first-order chi connectivity index (χ1) is 12.5. The molecule has 26 heavy (non-hydrogen) atoms. The van der Waals surface area contributed by atoms with Crippen molar-refractivity contribution in [3.8, 4) is 11.1 Å². The molecule has 0 radical (unpaired) electrons. The molecule has 0 aliphatic rings. The SMILES string of the molecule is Cc1n[nH]nc1C(=O)Nc1cc(-c2ccccc2)c(C)c(C)n1.O=CO. The number of carbonyl (C=O) groups is 2. The Kier molecular flexibility index (Phi) is 6.15. The molecule has 0 spiro atoms. The summed E-state index contributed by atoms with van der Waals surface area (Å²) in [6.45, 7) is 5.43. The quantitative estimate of drug-likeness (QED) is 0.623. The van der Waals surface area contributed by atoms with E-state index in [0.29, 0.717) is 11.5 Å². The average molecular weight is 353 g/mol. The molecular formula is C18H19N5O3. The van der Waals surface area contributed by atoms with Gasteiger partial charge in [-0.2, -0.15) is 15.4 Å². The lowest BCUT2D eigenvalue weighted by atomic mass is 10.0. The monoisotopic (exact) mass is 353 g/mol. The number of rotatable bonds is 3. The normalized spacial score (nSPS) is 9.81. The molecule has 2 heterocycles. The largest absolute Gasteiger partial charge is 0.483 e. The summed E-state index contributed by atoms with van der Waals surface area (Å²) >= 11 is 0. The van der Waals surface area contributed by atoms with Crippen molar-refractivity contribution in [1.82, 2.24) is 20.4 Å². The molecule has 1 amide bonds. The van der Waals surface area contributed by atoms with Gasteiger partial charge in [0.2, 0.25) is 0 Å². The molecule has 0 fully saturated rings. The molecule has 2 aromatic heterocycles. The molecule has 0 aliphatic heterocycles. The third-order valence-corrected chi connectivity index (χ3v) is 3.78. The number of aromatic nitrogens is 4. The van der Waals surface area contributed by atoms with Crippen LogP contribution in [0.1, 0.15) is 27.4 Å². The van der Waals surface area contributed by atoms with E-state index >= 15 is 0 Å². The second-order valence-corrected chi connectivity index (χ2v) is 5.45. The number of nitrogens with one attached hydrogen (secondary N) is 2. The summed E-state index contributed by atoms with van der Waals surface area (Å²) in [6.07, 6.45) is 0. The van der Waals surface area contributed by atoms with Gasteiger partial charge in [-0.25, -0.2) is 4.98 Å². The summed E-state index contributed by atoms with van der Waals surface area (Å²) in [5.74, 6) is 0.172. The fourth-order valence-corrected chi connectivity index (χ4v) is 2.39. The van der Waals surface area contributed by atoms with Gasteiger partial charge in [-0.1, -0.05) is 30.3 Å². The number of benzene rings is 1. The molecule has 3 N–H and O–H groups in total. The molecular weight excluding hydrogens is 334 g/mol. The highest BCUT2D eigenvalue weighted by atomic mass is 16.3. The van der Waals surface area contributed by atoms with E-state index in [1.165, 1.54) is 0 Å². The standard InChI is InChI=1S/C17H17N5O.CH2O2/c1-10-11(2)18-15(9-14(10)13-7-5-4-6-8-13)19-17(23)16-12(3)20-22-21-16;2-1-3/h4-9H,1-3H3,(H,18,19,23)(H,20,21,22);1H,(H,2,3). The fourth-order valence-electron chi connectivity index (χ4n) is 2.39. The number of carbonyl (C=O) groups excluding carboxylic acids is 1. The molecule has 0 aliphatic carbocycles. The molecule has 8 heteroatoms. The van der Waals surface area contributed by atoms with Crippen molar-refractivity contribution in [2.45, 2.75) is 20.8 Å². The van der Waals surface area contributed by atoms with Crippen molar-refractivity contribution in [3.63, 3.8) is 0 Å². The van der Waals surface area contributed by atoms with Gasteiger partial charge in [0.15, 0.2) is 5.69 Å². The Morgan fingerprint density at radius 1 is 1.12 bits per heavy atom. The average Bonchev–Trinajstić information content (AvgIpc) is 3.05. The molecule has 134 valence electrons. The van der Waals surface area contributed by atoms with E-state index in [1.54, 1.807) is 6.92 Å². The lowest BCUT2D eigenvalue weighted by Gasteiger charge is -2.12. The zero-order valence-corrected chi connectivity index (χ0v) is 14.6. The first-order valence-corrected chi connectivity index (χ1v) is 7.78. The Hall–Kier alpha value is -3.55. The number of aromatic amines is 1. The molecule has 0 bridgehead atoms. The molecule has 0 atom stereocenters. The van der Waals surface area contributed by atoms with Crippen LogP contribution >= 0.6 is 0 Å². The summed E-state index contributed by atoms with van der Waals surface area (Å²) in [7, 11) is 0. The molecule has 1 aromatic carbocycles. The third-order valence-electron chi connectivity index (χ3n) is 3.78. The predicted octanol–water partition coefficient (Wildman–Crippen LogP) is 2.75. The molecule has 3 rings (SSSR count). The summed E-state index contributed by atoms with van der Waals surface area (Å²) in [6, 6.07) is 11.9. The number of anilines is 1. The molecule has 0 saturated heterocycles. The van der Waals surface area contributed by atoms with E-state index in [0.717, 1.165) is 22.4 Å². The number of carboxylic acid groups (broad SMARTS) is 1. The highest BCUT2D eigenvalue weighted by Gasteiger charge is 2.15. The molecule has 0 saturated carbocycles. The maximum Gasteiger partial charge on any atom is 0.290 e. The van der Waals surface area contributed by atoms with Crippen molar-refractivity contribution in [2.24, 2.45) is 0 Å². The van der Waals surface area contributed by atoms with Crippen LogP contribution in [0, 0.1) is 20.8 Å². The summed E-state index contributed by atoms with van der Waals surface area (Å²) in [5, 5.41) is 19.8. The highest BCUT2D eigenvalue weighted by molar-refractivity contribution is 6.03. The summed E-state index contributed by atoms with van der Waals surface area (Å²) < 4.78 is 0. The van der Waals surface area contributed by atoms with Gasteiger partial charge < -0.3 is 10.4 Å². The fraction of sp³-hybridized carbons (Fsp3) is 0.167. The van der Waals surface area contributed by atoms with Crippen molar-refractivity contribution >= 4 is 18.2 Å². The van der Waals surface area contributed by atoms with Crippen LogP contribution in [0.5, 0.6) is 0 Å². The lowest BCUT2D eigenvalue weighted by molar-refractivity contribution is -0.122. The van der Waals surface area contributed by atoms with Crippen molar-refractivity contribution < 1.29 is 14.7 Å². The zero-order chi connectivity index (χ0) is 19.1. The second kappa shape index (κ2) is 8.52. The molecule has 0 unspecified atom stereocenters. The van der Waals surface area contributed by atoms with Crippen LogP contribution in [0.4, 0.5) is 5.82 Å². The van der Waals surface area contributed by atoms with Crippen molar-refractivity contribution in [1.29, 1.82) is 0 Å². The Labute approximate surface area is 150 Å². The maximum atomic E-state index is 12.3. The van der Waals surface area contributed by atoms with E-state index in [-0.39, 0.29) is 18.1 Å². The minimum atomic E-state index is -0.328. The van der Waals surface area contributed by atoms with E-state index in [2.05, 4.69) is 25.7 Å². The number of hydrogen-bond acceptors (Lipinski definition) is 5. The van der Waals surface area contributed by atoms with Crippen LogP contribution in [0.2, 0.25) is 0 Å². The van der Waals surface area contributed by atoms with Gasteiger partial charge in [0.1, 0.15) is 5.82 Å². The van der Waals surface area contributed by atoms with E-state index in [1.807, 2.05) is 50.2 Å². The van der Waals surface area contributed by atoms with E-state index in [4.69, 9.17) is 9.90 Å². The first-order valence-electron chi connectivity index (χ1n) is 7.78. The van der Waals surface area contributed by atoms with Gasteiger partial charge in [-0.05, 0) is 43.5 Å². The van der Waals surface area contributed by atoms with Gasteiger partial charge >= 0.3 is 0 Å². The third kappa shape index (κ3) is 4.29. The maximum absolute atomic E-state index is 12.3. The van der Waals surface area contributed by atoms with Gasteiger partial charge in [-0.15, -0.1) is 0 Å². The first kappa shape index (κ1) is 18.8. The second-order valence-electron chi connectivity index (χ2n) is 5.45. The van der Waals surface area contributed by atoms with Gasteiger partial charge in [-0.3, -0.25) is 9.59 Å².